The molecule has 0 aliphatic rings. The maximum Gasteiger partial charge on any atom is 0.0449 e. The van der Waals surface area contributed by atoms with Crippen LogP contribution in [0.25, 0.3) is 0 Å². The van der Waals surface area contributed by atoms with Gasteiger partial charge in [-0.15, -0.1) is 0 Å². The van der Waals surface area contributed by atoms with Gasteiger partial charge < -0.3 is 11.5 Å². The molecule has 2 heteroatoms. The van der Waals surface area contributed by atoms with E-state index in [9.17, 15) is 0 Å². The van der Waals surface area contributed by atoms with Gasteiger partial charge >= 0.3 is 0 Å². The molecule has 52 valence electrons. The van der Waals surface area contributed by atoms with Crippen molar-refractivity contribution in [2.45, 2.75) is 13.0 Å². The van der Waals surface area contributed by atoms with Crippen LogP contribution >= 0.6 is 0 Å². The van der Waals surface area contributed by atoms with Crippen molar-refractivity contribution in [2.75, 3.05) is 6.54 Å². The van der Waals surface area contributed by atoms with E-state index >= 15 is 0 Å². The molecule has 0 aliphatic carbocycles. The molecule has 0 aromatic heterocycles. The molecule has 4 N–H and O–H groups in total. The highest BCUT2D eigenvalue weighted by Crippen LogP contribution is 1.94. The molecule has 0 bridgehead atoms. The van der Waals surface area contributed by atoms with E-state index < -0.39 is 0 Å². The van der Waals surface area contributed by atoms with Crippen molar-refractivity contribution in [3.05, 3.63) is 24.3 Å². The van der Waals surface area contributed by atoms with Gasteiger partial charge in [0, 0.05) is 12.6 Å². The minimum absolute atomic E-state index is 0.0694. The van der Waals surface area contributed by atoms with Crippen molar-refractivity contribution in [3.8, 4) is 0 Å². The van der Waals surface area contributed by atoms with Crippen LogP contribution in [0, 0.1) is 0 Å². The van der Waals surface area contributed by atoms with Gasteiger partial charge in [-0.3, -0.25) is 0 Å². The standard InChI is InChI=1S/C7H14N2/c1-3-4-7(9)6(2)5-8/h3-4,7H,2,5,8-9H2,1H3. The lowest BCUT2D eigenvalue weighted by atomic mass is 10.1. The second kappa shape index (κ2) is 4.30. The van der Waals surface area contributed by atoms with Crippen LogP contribution in [-0.4, -0.2) is 12.6 Å². The summed E-state index contributed by atoms with van der Waals surface area (Å²) in [4.78, 5) is 0. The molecule has 0 spiro atoms. The van der Waals surface area contributed by atoms with E-state index in [-0.39, 0.29) is 6.04 Å². The van der Waals surface area contributed by atoms with E-state index in [1.807, 2.05) is 19.1 Å². The summed E-state index contributed by atoms with van der Waals surface area (Å²) in [6, 6.07) is -0.0694. The summed E-state index contributed by atoms with van der Waals surface area (Å²) in [6.07, 6.45) is 3.76. The lowest BCUT2D eigenvalue weighted by Crippen LogP contribution is -2.23. The number of hydrogen-bond acceptors (Lipinski definition) is 2. The van der Waals surface area contributed by atoms with Crippen molar-refractivity contribution in [3.63, 3.8) is 0 Å². The van der Waals surface area contributed by atoms with Crippen molar-refractivity contribution < 1.29 is 0 Å². The van der Waals surface area contributed by atoms with Crippen LogP contribution in [0.15, 0.2) is 24.3 Å². The molecule has 0 rings (SSSR count). The van der Waals surface area contributed by atoms with Gasteiger partial charge in [0.2, 0.25) is 0 Å². The Hall–Kier alpha value is -0.600. The van der Waals surface area contributed by atoms with E-state index in [4.69, 9.17) is 11.5 Å². The lowest BCUT2D eigenvalue weighted by molar-refractivity contribution is 0.908. The van der Waals surface area contributed by atoms with Crippen LogP contribution in [-0.2, 0) is 0 Å². The first-order chi connectivity index (χ1) is 4.22. The molecule has 0 amide bonds. The average molecular weight is 126 g/mol. The zero-order chi connectivity index (χ0) is 7.28. The summed E-state index contributed by atoms with van der Waals surface area (Å²) >= 11 is 0. The monoisotopic (exact) mass is 126 g/mol. The number of nitrogens with two attached hydrogens (primary N) is 2. The van der Waals surface area contributed by atoms with Gasteiger partial charge in [-0.05, 0) is 12.5 Å². The predicted molar refractivity (Wildman–Crippen MR) is 41.0 cm³/mol. The van der Waals surface area contributed by atoms with E-state index in [0.29, 0.717) is 6.54 Å². The zero-order valence-electron chi connectivity index (χ0n) is 5.80. The highest BCUT2D eigenvalue weighted by Gasteiger charge is 1.97. The Kier molecular flexibility index (Phi) is 4.01. The van der Waals surface area contributed by atoms with Gasteiger partial charge in [-0.1, -0.05) is 18.7 Å². The molecule has 0 aliphatic heterocycles. The normalized spacial score (nSPS) is 14.1. The number of allylic oxidation sites excluding steroid dienone is 1. The van der Waals surface area contributed by atoms with Crippen LogP contribution in [0.2, 0.25) is 0 Å². The second-order valence-corrected chi connectivity index (χ2v) is 1.91. The van der Waals surface area contributed by atoms with Crippen molar-refractivity contribution in [1.82, 2.24) is 0 Å². The first-order valence-corrected chi connectivity index (χ1v) is 2.98. The molecule has 0 aromatic rings. The fraction of sp³-hybridized carbons (Fsp3) is 0.429. The molecule has 0 aromatic carbocycles. The molecule has 1 atom stereocenters. The molecular weight excluding hydrogens is 112 g/mol. The minimum Gasteiger partial charge on any atom is -0.327 e. The average Bonchev–Trinajstić information content (AvgIpc) is 1.87. The maximum atomic E-state index is 5.57. The summed E-state index contributed by atoms with van der Waals surface area (Å²) in [5, 5.41) is 0. The zero-order valence-corrected chi connectivity index (χ0v) is 5.80. The SMILES string of the molecule is C=C(CN)C(N)C=CC. The van der Waals surface area contributed by atoms with Gasteiger partial charge in [0.05, 0.1) is 0 Å². The second-order valence-electron chi connectivity index (χ2n) is 1.91. The molecular formula is C7H14N2. The van der Waals surface area contributed by atoms with E-state index in [2.05, 4.69) is 6.58 Å². The molecule has 9 heavy (non-hydrogen) atoms. The van der Waals surface area contributed by atoms with Crippen LogP contribution in [0.4, 0.5) is 0 Å². The van der Waals surface area contributed by atoms with Gasteiger partial charge in [-0.25, -0.2) is 0 Å². The third kappa shape index (κ3) is 3.06. The Morgan fingerprint density at radius 1 is 1.78 bits per heavy atom. The summed E-state index contributed by atoms with van der Waals surface area (Å²) in [5.41, 5.74) is 11.7. The largest absolute Gasteiger partial charge is 0.327 e. The maximum absolute atomic E-state index is 5.57. The predicted octanol–water partition coefficient (Wildman–Crippen LogP) is 0.405. The minimum atomic E-state index is -0.0694. The third-order valence-electron chi connectivity index (χ3n) is 1.13. The first-order valence-electron chi connectivity index (χ1n) is 2.98. The fourth-order valence-electron chi connectivity index (χ4n) is 0.480. The quantitative estimate of drug-likeness (QED) is 0.538. The summed E-state index contributed by atoms with van der Waals surface area (Å²) in [7, 11) is 0. The molecule has 0 saturated carbocycles. The summed E-state index contributed by atoms with van der Waals surface area (Å²) in [5.74, 6) is 0. The molecule has 0 heterocycles. The molecule has 0 fully saturated rings. The highest BCUT2D eigenvalue weighted by molar-refractivity contribution is 5.13. The molecule has 1 unspecified atom stereocenters. The Morgan fingerprint density at radius 3 is 2.67 bits per heavy atom. The number of hydrogen-bond donors (Lipinski definition) is 2. The van der Waals surface area contributed by atoms with E-state index in [1.54, 1.807) is 0 Å². The van der Waals surface area contributed by atoms with Crippen LogP contribution in [0.3, 0.4) is 0 Å². The van der Waals surface area contributed by atoms with Crippen molar-refractivity contribution in [2.24, 2.45) is 11.5 Å². The number of rotatable bonds is 3. The Labute approximate surface area is 56.2 Å². The van der Waals surface area contributed by atoms with E-state index in [0.717, 1.165) is 5.57 Å². The summed E-state index contributed by atoms with van der Waals surface area (Å²) < 4.78 is 0. The van der Waals surface area contributed by atoms with Crippen LogP contribution < -0.4 is 11.5 Å². The molecule has 0 radical (unpaired) electrons. The van der Waals surface area contributed by atoms with Gasteiger partial charge in [0.1, 0.15) is 0 Å². The lowest BCUT2D eigenvalue weighted by Gasteiger charge is -2.06. The van der Waals surface area contributed by atoms with Crippen molar-refractivity contribution in [1.29, 1.82) is 0 Å². The van der Waals surface area contributed by atoms with Crippen LogP contribution in [0.1, 0.15) is 6.92 Å². The smallest absolute Gasteiger partial charge is 0.0449 e. The third-order valence-corrected chi connectivity index (χ3v) is 1.13. The summed E-state index contributed by atoms with van der Waals surface area (Å²) in [6.45, 7) is 6.07. The Bertz CT molecular complexity index is 116. The van der Waals surface area contributed by atoms with Crippen LogP contribution in [0.5, 0.6) is 0 Å². The topological polar surface area (TPSA) is 52.0 Å². The van der Waals surface area contributed by atoms with E-state index in [1.165, 1.54) is 0 Å². The van der Waals surface area contributed by atoms with Crippen molar-refractivity contribution >= 4 is 0 Å². The van der Waals surface area contributed by atoms with Gasteiger partial charge in [-0.2, -0.15) is 0 Å². The molecule has 2 nitrogen and oxygen atoms in total. The Balaban J connectivity index is 3.72. The molecule has 0 saturated heterocycles. The highest BCUT2D eigenvalue weighted by atomic mass is 14.7. The van der Waals surface area contributed by atoms with Gasteiger partial charge in [0.25, 0.3) is 0 Å². The first kappa shape index (κ1) is 8.40. The fourth-order valence-corrected chi connectivity index (χ4v) is 0.480. The Morgan fingerprint density at radius 2 is 2.33 bits per heavy atom. The van der Waals surface area contributed by atoms with Gasteiger partial charge in [0.15, 0.2) is 0 Å².